The van der Waals surface area contributed by atoms with Crippen molar-refractivity contribution in [3.05, 3.63) is 61.3 Å². The Morgan fingerprint density at radius 3 is 2.75 bits per heavy atom. The first kappa shape index (κ1) is 14.1. The summed E-state index contributed by atoms with van der Waals surface area (Å²) in [5.74, 6) is -0.285. The Balaban J connectivity index is 2.54. The van der Waals surface area contributed by atoms with Gasteiger partial charge in [0.05, 0.1) is 5.69 Å². The van der Waals surface area contributed by atoms with Gasteiger partial charge in [-0.15, -0.1) is 13.2 Å². The van der Waals surface area contributed by atoms with Crippen LogP contribution in [0.25, 0.3) is 10.9 Å². The van der Waals surface area contributed by atoms with Crippen molar-refractivity contribution in [3.63, 3.8) is 0 Å². The number of ether oxygens (including phenoxy) is 1. The normalized spacial score (nSPS) is 12.1. The largest absolute Gasteiger partial charge is 0.456 e. The van der Waals surface area contributed by atoms with Crippen LogP contribution in [0.15, 0.2) is 55.6 Å². The maximum Gasteiger partial charge on any atom is 0.303 e. The van der Waals surface area contributed by atoms with E-state index in [-0.39, 0.29) is 12.1 Å². The van der Waals surface area contributed by atoms with Crippen LogP contribution in [0.4, 0.5) is 0 Å². The molecule has 0 bridgehead atoms. The first-order chi connectivity index (χ1) is 9.67. The van der Waals surface area contributed by atoms with E-state index in [4.69, 9.17) is 4.74 Å². The molecule has 0 aliphatic heterocycles. The molecule has 1 heterocycles. The quantitative estimate of drug-likeness (QED) is 0.586. The molecule has 20 heavy (non-hydrogen) atoms. The third kappa shape index (κ3) is 2.82. The van der Waals surface area contributed by atoms with Crippen LogP contribution in [0.1, 0.15) is 25.1 Å². The minimum atomic E-state index is -0.308. The van der Waals surface area contributed by atoms with E-state index in [1.54, 1.807) is 6.08 Å². The van der Waals surface area contributed by atoms with Crippen LogP contribution in [-0.4, -0.2) is 10.5 Å². The van der Waals surface area contributed by atoms with Gasteiger partial charge in [-0.3, -0.25) is 4.79 Å². The lowest BCUT2D eigenvalue weighted by Gasteiger charge is -2.18. The molecule has 1 atom stereocenters. The molecule has 3 nitrogen and oxygen atoms in total. The van der Waals surface area contributed by atoms with Gasteiger partial charge in [0.15, 0.2) is 0 Å². The number of fused-ring (bicyclic) bond motifs is 1. The lowest BCUT2D eigenvalue weighted by molar-refractivity contribution is -0.146. The molecule has 104 valence electrons. The second-order valence-electron chi connectivity index (χ2n) is 4.65. The molecule has 0 aliphatic carbocycles. The molecule has 0 aliphatic rings. The number of aromatic nitrogens is 1. The summed E-state index contributed by atoms with van der Waals surface area (Å²) in [6.07, 6.45) is 3.89. The summed E-state index contributed by atoms with van der Waals surface area (Å²) < 4.78 is 7.55. The van der Waals surface area contributed by atoms with E-state index >= 15 is 0 Å². The van der Waals surface area contributed by atoms with E-state index in [1.165, 1.54) is 6.92 Å². The summed E-state index contributed by atoms with van der Waals surface area (Å²) in [6.45, 7) is 9.65. The van der Waals surface area contributed by atoms with Crippen molar-refractivity contribution in [2.45, 2.75) is 26.0 Å². The summed E-state index contributed by atoms with van der Waals surface area (Å²) in [5, 5.41) is 1.13. The molecular formula is C17H19NO2. The SMILES string of the molecule is C=CCC(OC(C)=O)c1cc2ccccc2n1CC=C. The number of rotatable bonds is 6. The Bertz CT molecular complexity index is 639. The molecule has 0 saturated carbocycles. The van der Waals surface area contributed by atoms with Crippen LogP contribution in [-0.2, 0) is 16.1 Å². The summed E-state index contributed by atoms with van der Waals surface area (Å²) in [7, 11) is 0. The zero-order valence-corrected chi connectivity index (χ0v) is 11.7. The average Bonchev–Trinajstić information content (AvgIpc) is 2.77. The minimum Gasteiger partial charge on any atom is -0.456 e. The maximum absolute atomic E-state index is 11.3. The molecule has 0 saturated heterocycles. The van der Waals surface area contributed by atoms with Crippen molar-refractivity contribution < 1.29 is 9.53 Å². The Hall–Kier alpha value is -2.29. The molecule has 0 fully saturated rings. The number of hydrogen-bond donors (Lipinski definition) is 0. The smallest absolute Gasteiger partial charge is 0.303 e. The third-order valence-corrected chi connectivity index (χ3v) is 3.17. The number of nitrogens with zero attached hydrogens (tertiary/aromatic N) is 1. The van der Waals surface area contributed by atoms with Gasteiger partial charge in [0, 0.05) is 30.8 Å². The Kier molecular flexibility index (Phi) is 4.41. The lowest BCUT2D eigenvalue weighted by Crippen LogP contribution is -2.12. The fraction of sp³-hybridized carbons (Fsp3) is 0.235. The first-order valence-corrected chi connectivity index (χ1v) is 6.64. The summed E-state index contributed by atoms with van der Waals surface area (Å²) >= 11 is 0. The van der Waals surface area contributed by atoms with Crippen molar-refractivity contribution in [1.82, 2.24) is 4.57 Å². The van der Waals surface area contributed by atoms with Crippen molar-refractivity contribution >= 4 is 16.9 Å². The van der Waals surface area contributed by atoms with E-state index < -0.39 is 0 Å². The highest BCUT2D eigenvalue weighted by Crippen LogP contribution is 2.29. The average molecular weight is 269 g/mol. The van der Waals surface area contributed by atoms with Gasteiger partial charge in [0.1, 0.15) is 6.10 Å². The highest BCUT2D eigenvalue weighted by atomic mass is 16.5. The number of hydrogen-bond acceptors (Lipinski definition) is 2. The third-order valence-electron chi connectivity index (χ3n) is 3.17. The minimum absolute atomic E-state index is 0.285. The fourth-order valence-electron chi connectivity index (χ4n) is 2.41. The van der Waals surface area contributed by atoms with E-state index in [2.05, 4.69) is 35.9 Å². The van der Waals surface area contributed by atoms with Gasteiger partial charge in [0.2, 0.25) is 0 Å². The number of para-hydroxylation sites is 1. The predicted octanol–water partition coefficient (Wildman–Crippen LogP) is 4.01. The van der Waals surface area contributed by atoms with Crippen LogP contribution >= 0.6 is 0 Å². The molecule has 1 aromatic heterocycles. The van der Waals surface area contributed by atoms with E-state index in [9.17, 15) is 4.79 Å². The summed E-state index contributed by atoms with van der Waals surface area (Å²) in [6, 6.07) is 10.2. The number of carbonyl (C=O) groups is 1. The Morgan fingerprint density at radius 1 is 1.35 bits per heavy atom. The number of benzene rings is 1. The van der Waals surface area contributed by atoms with E-state index in [0.717, 1.165) is 16.6 Å². The number of allylic oxidation sites excluding steroid dienone is 1. The Labute approximate surface area is 119 Å². The zero-order valence-electron chi connectivity index (χ0n) is 11.7. The first-order valence-electron chi connectivity index (χ1n) is 6.64. The summed E-state index contributed by atoms with van der Waals surface area (Å²) in [5.41, 5.74) is 2.09. The zero-order chi connectivity index (χ0) is 14.5. The second kappa shape index (κ2) is 6.24. The van der Waals surface area contributed by atoms with Crippen LogP contribution in [0.5, 0.6) is 0 Å². The van der Waals surface area contributed by atoms with Crippen LogP contribution in [0, 0.1) is 0 Å². The lowest BCUT2D eigenvalue weighted by atomic mass is 10.1. The van der Waals surface area contributed by atoms with Crippen LogP contribution in [0.3, 0.4) is 0 Å². The molecule has 3 heteroatoms. The molecule has 2 rings (SSSR count). The van der Waals surface area contributed by atoms with Crippen molar-refractivity contribution in [2.24, 2.45) is 0 Å². The highest BCUT2D eigenvalue weighted by molar-refractivity contribution is 5.81. The molecule has 2 aromatic rings. The highest BCUT2D eigenvalue weighted by Gasteiger charge is 2.19. The molecule has 0 N–H and O–H groups in total. The van der Waals surface area contributed by atoms with Gasteiger partial charge in [-0.1, -0.05) is 30.4 Å². The van der Waals surface area contributed by atoms with Crippen LogP contribution in [0.2, 0.25) is 0 Å². The Morgan fingerprint density at radius 2 is 2.10 bits per heavy atom. The number of esters is 1. The van der Waals surface area contributed by atoms with Gasteiger partial charge in [0.25, 0.3) is 0 Å². The molecule has 1 unspecified atom stereocenters. The topological polar surface area (TPSA) is 31.2 Å². The van der Waals surface area contributed by atoms with Gasteiger partial charge >= 0.3 is 5.97 Å². The molecule has 0 spiro atoms. The van der Waals surface area contributed by atoms with E-state index in [1.807, 2.05) is 18.2 Å². The molecule has 1 aromatic carbocycles. The van der Waals surface area contributed by atoms with E-state index in [0.29, 0.717) is 13.0 Å². The van der Waals surface area contributed by atoms with Gasteiger partial charge in [-0.25, -0.2) is 0 Å². The molecular weight excluding hydrogens is 250 g/mol. The van der Waals surface area contributed by atoms with Gasteiger partial charge < -0.3 is 9.30 Å². The standard InChI is InChI=1S/C17H19NO2/c1-4-8-17(20-13(3)19)16-12-14-9-6-7-10-15(14)18(16)11-5-2/h4-7,9-10,12,17H,1-2,8,11H2,3H3. The molecule has 0 amide bonds. The van der Waals surface area contributed by atoms with Gasteiger partial charge in [-0.2, -0.15) is 0 Å². The van der Waals surface area contributed by atoms with Gasteiger partial charge in [-0.05, 0) is 12.1 Å². The van der Waals surface area contributed by atoms with Crippen molar-refractivity contribution in [2.75, 3.05) is 0 Å². The maximum atomic E-state index is 11.3. The predicted molar refractivity (Wildman–Crippen MR) is 81.5 cm³/mol. The number of carbonyl (C=O) groups excluding carboxylic acids is 1. The van der Waals surface area contributed by atoms with Crippen molar-refractivity contribution in [1.29, 1.82) is 0 Å². The fourth-order valence-corrected chi connectivity index (χ4v) is 2.41. The second-order valence-corrected chi connectivity index (χ2v) is 4.65. The van der Waals surface area contributed by atoms with Crippen LogP contribution < -0.4 is 0 Å². The summed E-state index contributed by atoms with van der Waals surface area (Å²) in [4.78, 5) is 11.3. The molecule has 0 radical (unpaired) electrons. The van der Waals surface area contributed by atoms with Crippen molar-refractivity contribution in [3.8, 4) is 0 Å². The monoisotopic (exact) mass is 269 g/mol.